The second-order valence-corrected chi connectivity index (χ2v) is 7.37. The number of benzene rings is 2. The Hall–Kier alpha value is -2.20. The van der Waals surface area contributed by atoms with Gasteiger partial charge in [0.1, 0.15) is 0 Å². The molecule has 6 heteroatoms. The summed E-state index contributed by atoms with van der Waals surface area (Å²) in [7, 11) is -2.15. The SMILES string of the molecule is CC(NS(=O)(=O)N(C)CCC#N)c1ccc(-c2ccccc2)cc1. The van der Waals surface area contributed by atoms with Crippen molar-refractivity contribution in [2.75, 3.05) is 13.6 Å². The van der Waals surface area contributed by atoms with Gasteiger partial charge in [0.2, 0.25) is 0 Å². The molecule has 0 radical (unpaired) electrons. The Kier molecular flexibility index (Phi) is 6.10. The Bertz CT molecular complexity index is 796. The lowest BCUT2D eigenvalue weighted by Gasteiger charge is -2.20. The molecule has 0 aliphatic rings. The minimum absolute atomic E-state index is 0.164. The third-order valence-electron chi connectivity index (χ3n) is 3.79. The lowest BCUT2D eigenvalue weighted by atomic mass is 10.0. The molecule has 0 saturated heterocycles. The van der Waals surface area contributed by atoms with E-state index in [4.69, 9.17) is 5.26 Å². The topological polar surface area (TPSA) is 73.2 Å². The summed E-state index contributed by atoms with van der Waals surface area (Å²) in [6.45, 7) is 1.97. The zero-order valence-electron chi connectivity index (χ0n) is 13.8. The molecule has 126 valence electrons. The third-order valence-corrected chi connectivity index (χ3v) is 5.45. The van der Waals surface area contributed by atoms with Crippen molar-refractivity contribution in [1.82, 2.24) is 9.03 Å². The highest BCUT2D eigenvalue weighted by molar-refractivity contribution is 7.87. The molecule has 1 atom stereocenters. The van der Waals surface area contributed by atoms with Crippen LogP contribution in [-0.4, -0.2) is 26.3 Å². The van der Waals surface area contributed by atoms with E-state index in [1.807, 2.05) is 60.7 Å². The van der Waals surface area contributed by atoms with Crippen LogP contribution >= 0.6 is 0 Å². The van der Waals surface area contributed by atoms with Crippen LogP contribution in [0.5, 0.6) is 0 Å². The second kappa shape index (κ2) is 8.06. The molecule has 0 amide bonds. The predicted octanol–water partition coefficient (Wildman–Crippen LogP) is 3.09. The van der Waals surface area contributed by atoms with E-state index in [0.717, 1.165) is 21.0 Å². The molecule has 1 N–H and O–H groups in total. The van der Waals surface area contributed by atoms with Gasteiger partial charge in [0.05, 0.1) is 6.07 Å². The van der Waals surface area contributed by atoms with E-state index in [2.05, 4.69) is 4.72 Å². The van der Waals surface area contributed by atoms with E-state index < -0.39 is 10.2 Å². The van der Waals surface area contributed by atoms with Crippen LogP contribution in [0, 0.1) is 11.3 Å². The molecule has 0 heterocycles. The largest absolute Gasteiger partial charge is 0.279 e. The molecule has 0 aliphatic carbocycles. The smallest absolute Gasteiger partial charge is 0.198 e. The van der Waals surface area contributed by atoms with Crippen LogP contribution < -0.4 is 4.72 Å². The average molecular weight is 343 g/mol. The average Bonchev–Trinajstić information content (AvgIpc) is 2.60. The zero-order valence-corrected chi connectivity index (χ0v) is 14.6. The number of nitrogens with zero attached hydrogens (tertiary/aromatic N) is 2. The Morgan fingerprint density at radius 3 is 2.25 bits per heavy atom. The molecule has 0 spiro atoms. The van der Waals surface area contributed by atoms with E-state index in [1.165, 1.54) is 7.05 Å². The van der Waals surface area contributed by atoms with Gasteiger partial charge >= 0.3 is 0 Å². The van der Waals surface area contributed by atoms with Crippen LogP contribution in [0.1, 0.15) is 24.9 Å². The van der Waals surface area contributed by atoms with Gasteiger partial charge in [-0.25, -0.2) is 0 Å². The maximum absolute atomic E-state index is 12.2. The molecule has 0 fully saturated rings. The van der Waals surface area contributed by atoms with Crippen molar-refractivity contribution in [3.8, 4) is 17.2 Å². The molecule has 5 nitrogen and oxygen atoms in total. The summed E-state index contributed by atoms with van der Waals surface area (Å²) in [4.78, 5) is 0. The van der Waals surface area contributed by atoms with Gasteiger partial charge in [-0.1, -0.05) is 54.6 Å². The maximum atomic E-state index is 12.2. The van der Waals surface area contributed by atoms with Gasteiger partial charge < -0.3 is 0 Å². The first-order chi connectivity index (χ1) is 11.4. The van der Waals surface area contributed by atoms with Crippen molar-refractivity contribution in [2.45, 2.75) is 19.4 Å². The Labute approximate surface area is 143 Å². The molecule has 1 unspecified atom stereocenters. The van der Waals surface area contributed by atoms with Crippen LogP contribution in [0.3, 0.4) is 0 Å². The van der Waals surface area contributed by atoms with Gasteiger partial charge in [0.15, 0.2) is 0 Å². The maximum Gasteiger partial charge on any atom is 0.279 e. The summed E-state index contributed by atoms with van der Waals surface area (Å²) in [5.74, 6) is 0. The summed E-state index contributed by atoms with van der Waals surface area (Å²) in [5.41, 5.74) is 3.08. The third kappa shape index (κ3) is 4.65. The fourth-order valence-electron chi connectivity index (χ4n) is 2.30. The first-order valence-corrected chi connectivity index (χ1v) is 9.14. The summed E-state index contributed by atoms with van der Waals surface area (Å²) in [6.07, 6.45) is 0.164. The minimum atomic E-state index is -3.61. The van der Waals surface area contributed by atoms with Crippen LogP contribution in [0.25, 0.3) is 11.1 Å². The monoisotopic (exact) mass is 343 g/mol. The number of nitrogens with one attached hydrogen (secondary N) is 1. The van der Waals surface area contributed by atoms with Gasteiger partial charge in [-0.15, -0.1) is 0 Å². The van der Waals surface area contributed by atoms with Gasteiger partial charge in [-0.3, -0.25) is 0 Å². The van der Waals surface area contributed by atoms with Crippen molar-refractivity contribution in [2.24, 2.45) is 0 Å². The Morgan fingerprint density at radius 1 is 1.08 bits per heavy atom. The molecule has 2 aromatic carbocycles. The van der Waals surface area contributed by atoms with Crippen LogP contribution in [0.15, 0.2) is 54.6 Å². The second-order valence-electron chi connectivity index (χ2n) is 5.56. The first-order valence-electron chi connectivity index (χ1n) is 7.70. The highest BCUT2D eigenvalue weighted by Crippen LogP contribution is 2.22. The fourth-order valence-corrected chi connectivity index (χ4v) is 3.40. The molecular weight excluding hydrogens is 322 g/mol. The van der Waals surface area contributed by atoms with E-state index >= 15 is 0 Å². The van der Waals surface area contributed by atoms with E-state index in [9.17, 15) is 8.42 Å². The molecule has 24 heavy (non-hydrogen) atoms. The van der Waals surface area contributed by atoms with Crippen molar-refractivity contribution in [3.05, 3.63) is 60.2 Å². The molecule has 0 aromatic heterocycles. The summed E-state index contributed by atoms with van der Waals surface area (Å²) in [5, 5.41) is 8.57. The summed E-state index contributed by atoms with van der Waals surface area (Å²) < 4.78 is 28.2. The highest BCUT2D eigenvalue weighted by Gasteiger charge is 2.20. The Balaban J connectivity index is 2.08. The zero-order chi connectivity index (χ0) is 17.6. The summed E-state index contributed by atoms with van der Waals surface area (Å²) in [6, 6.07) is 19.4. The lowest BCUT2D eigenvalue weighted by Crippen LogP contribution is -2.39. The summed E-state index contributed by atoms with van der Waals surface area (Å²) >= 11 is 0. The van der Waals surface area contributed by atoms with Crippen LogP contribution in [0.4, 0.5) is 0 Å². The quantitative estimate of drug-likeness (QED) is 0.839. The van der Waals surface area contributed by atoms with Crippen molar-refractivity contribution in [3.63, 3.8) is 0 Å². The highest BCUT2D eigenvalue weighted by atomic mass is 32.2. The van der Waals surface area contributed by atoms with Crippen molar-refractivity contribution >= 4 is 10.2 Å². The van der Waals surface area contributed by atoms with Crippen molar-refractivity contribution in [1.29, 1.82) is 5.26 Å². The van der Waals surface area contributed by atoms with Gasteiger partial charge in [-0.05, 0) is 23.6 Å². The predicted molar refractivity (Wildman–Crippen MR) is 95.2 cm³/mol. The molecule has 0 saturated carbocycles. The molecule has 0 aliphatic heterocycles. The van der Waals surface area contributed by atoms with Crippen LogP contribution in [-0.2, 0) is 10.2 Å². The lowest BCUT2D eigenvalue weighted by molar-refractivity contribution is 0.456. The minimum Gasteiger partial charge on any atom is -0.198 e. The van der Waals surface area contributed by atoms with Gasteiger partial charge in [-0.2, -0.15) is 22.7 Å². The molecule has 0 bridgehead atoms. The van der Waals surface area contributed by atoms with E-state index in [-0.39, 0.29) is 19.0 Å². The molecule has 2 rings (SSSR count). The number of nitriles is 1. The Morgan fingerprint density at radius 2 is 1.67 bits per heavy atom. The van der Waals surface area contributed by atoms with E-state index in [0.29, 0.717) is 0 Å². The van der Waals surface area contributed by atoms with Gasteiger partial charge in [0.25, 0.3) is 10.2 Å². The van der Waals surface area contributed by atoms with Crippen LogP contribution in [0.2, 0.25) is 0 Å². The first kappa shape index (κ1) is 18.1. The number of hydrogen-bond acceptors (Lipinski definition) is 3. The number of rotatable bonds is 7. The molecular formula is C18H21N3O2S. The van der Waals surface area contributed by atoms with Crippen molar-refractivity contribution < 1.29 is 8.42 Å². The fraction of sp³-hybridized carbons (Fsp3) is 0.278. The standard InChI is InChI=1S/C18H21N3O2S/c1-15(20-24(22,23)21(2)14-6-13-19)16-9-11-18(12-10-16)17-7-4-3-5-8-17/h3-5,7-12,15,20H,6,14H2,1-2H3. The molecule has 2 aromatic rings. The number of hydrogen-bond donors (Lipinski definition) is 1. The normalized spacial score (nSPS) is 12.8. The van der Waals surface area contributed by atoms with Gasteiger partial charge in [0, 0.05) is 26.1 Å². The van der Waals surface area contributed by atoms with E-state index in [1.54, 1.807) is 6.92 Å².